The van der Waals surface area contributed by atoms with Crippen LogP contribution in [-0.4, -0.2) is 6.61 Å². The zero-order valence-corrected chi connectivity index (χ0v) is 13.7. The van der Waals surface area contributed by atoms with Crippen molar-refractivity contribution in [3.8, 4) is 5.75 Å². The molecule has 4 heteroatoms. The minimum atomic E-state index is 0.0682. The molecule has 0 aliphatic rings. The van der Waals surface area contributed by atoms with Crippen molar-refractivity contribution < 1.29 is 4.74 Å². The molecule has 0 aromatic heterocycles. The Balaban J connectivity index is 2.05. The van der Waals surface area contributed by atoms with E-state index in [1.54, 1.807) is 6.07 Å². The smallest absolute Gasteiger partial charge is 0.119 e. The lowest BCUT2D eigenvalue weighted by Crippen LogP contribution is -2.07. The number of ether oxygens (including phenoxy) is 1. The molecule has 2 nitrogen and oxygen atoms in total. The number of hydrogen-bond acceptors (Lipinski definition) is 2. The minimum absolute atomic E-state index is 0.0682. The topological polar surface area (TPSA) is 21.3 Å². The van der Waals surface area contributed by atoms with Crippen LogP contribution in [0.25, 0.3) is 0 Å². The number of halogens is 2. The number of rotatable bonds is 6. The first kappa shape index (κ1) is 16.0. The van der Waals surface area contributed by atoms with E-state index >= 15 is 0 Å². The van der Waals surface area contributed by atoms with Gasteiger partial charge in [-0.05, 0) is 49.2 Å². The van der Waals surface area contributed by atoms with Crippen molar-refractivity contribution in [3.05, 3.63) is 58.1 Å². The summed E-state index contributed by atoms with van der Waals surface area (Å²) in [5, 5.41) is 4.59. The van der Waals surface area contributed by atoms with Crippen molar-refractivity contribution in [2.24, 2.45) is 0 Å². The Labute approximate surface area is 136 Å². The first-order chi connectivity index (χ1) is 10.1. The van der Waals surface area contributed by atoms with E-state index < -0.39 is 0 Å². The van der Waals surface area contributed by atoms with Gasteiger partial charge in [0, 0.05) is 5.69 Å². The van der Waals surface area contributed by atoms with Gasteiger partial charge in [0.2, 0.25) is 0 Å². The second kappa shape index (κ2) is 7.58. The Morgan fingerprint density at radius 2 is 1.81 bits per heavy atom. The molecule has 1 atom stereocenters. The summed E-state index contributed by atoms with van der Waals surface area (Å²) in [6, 6.07) is 13.7. The van der Waals surface area contributed by atoms with Crippen molar-refractivity contribution in [3.63, 3.8) is 0 Å². The van der Waals surface area contributed by atoms with Gasteiger partial charge in [0.1, 0.15) is 5.75 Å². The number of anilines is 1. The fourth-order valence-corrected chi connectivity index (χ4v) is 2.52. The SMILES string of the molecule is CCCOc1ccc(NC(C)c2cccc(Cl)c2Cl)cc1. The van der Waals surface area contributed by atoms with Crippen LogP contribution in [0, 0.1) is 0 Å². The standard InChI is InChI=1S/C17H19Cl2NO/c1-3-11-21-14-9-7-13(8-10-14)20-12(2)15-5-4-6-16(18)17(15)19/h4-10,12,20H,3,11H2,1-2H3. The van der Waals surface area contributed by atoms with Crippen molar-refractivity contribution in [1.82, 2.24) is 0 Å². The quantitative estimate of drug-likeness (QED) is 0.708. The molecule has 112 valence electrons. The molecule has 0 heterocycles. The van der Waals surface area contributed by atoms with Gasteiger partial charge in [-0.1, -0.05) is 42.3 Å². The lowest BCUT2D eigenvalue weighted by atomic mass is 10.1. The molecule has 0 aliphatic heterocycles. The predicted octanol–water partition coefficient (Wildman–Crippen LogP) is 5.96. The van der Waals surface area contributed by atoms with Crippen LogP contribution in [0.1, 0.15) is 31.9 Å². The van der Waals surface area contributed by atoms with Gasteiger partial charge >= 0.3 is 0 Å². The fraction of sp³-hybridized carbons (Fsp3) is 0.294. The minimum Gasteiger partial charge on any atom is -0.494 e. The average Bonchev–Trinajstić information content (AvgIpc) is 2.49. The van der Waals surface area contributed by atoms with E-state index in [-0.39, 0.29) is 6.04 Å². The highest BCUT2D eigenvalue weighted by Gasteiger charge is 2.11. The van der Waals surface area contributed by atoms with E-state index in [2.05, 4.69) is 19.2 Å². The second-order valence-electron chi connectivity index (χ2n) is 4.88. The predicted molar refractivity (Wildman–Crippen MR) is 90.7 cm³/mol. The molecule has 0 amide bonds. The Kier molecular flexibility index (Phi) is 5.77. The number of nitrogens with one attached hydrogen (secondary N) is 1. The summed E-state index contributed by atoms with van der Waals surface area (Å²) in [5.41, 5.74) is 2.00. The van der Waals surface area contributed by atoms with Gasteiger partial charge in [-0.25, -0.2) is 0 Å². The van der Waals surface area contributed by atoms with Gasteiger partial charge < -0.3 is 10.1 Å². The molecular weight excluding hydrogens is 305 g/mol. The summed E-state index contributed by atoms with van der Waals surface area (Å²) < 4.78 is 5.57. The Morgan fingerprint density at radius 1 is 1.10 bits per heavy atom. The number of benzene rings is 2. The molecule has 2 aromatic rings. The molecule has 0 saturated carbocycles. The molecule has 0 fully saturated rings. The third kappa shape index (κ3) is 4.29. The molecular formula is C17H19Cl2NO. The summed E-state index contributed by atoms with van der Waals surface area (Å²) in [5.74, 6) is 0.885. The van der Waals surface area contributed by atoms with Crippen molar-refractivity contribution >= 4 is 28.9 Å². The molecule has 21 heavy (non-hydrogen) atoms. The summed E-state index contributed by atoms with van der Waals surface area (Å²) >= 11 is 12.3. The van der Waals surface area contributed by atoms with Gasteiger partial charge in [0.25, 0.3) is 0 Å². The molecule has 0 aliphatic carbocycles. The van der Waals surface area contributed by atoms with Crippen LogP contribution in [0.5, 0.6) is 5.75 Å². The maximum atomic E-state index is 6.24. The summed E-state index contributed by atoms with van der Waals surface area (Å²) in [4.78, 5) is 0. The molecule has 0 bridgehead atoms. The lowest BCUT2D eigenvalue weighted by Gasteiger charge is -2.18. The molecule has 2 rings (SSSR count). The van der Waals surface area contributed by atoms with Gasteiger partial charge in [-0.15, -0.1) is 0 Å². The Bertz CT molecular complexity index is 584. The van der Waals surface area contributed by atoms with Crippen LogP contribution in [0.15, 0.2) is 42.5 Å². The van der Waals surface area contributed by atoms with E-state index in [9.17, 15) is 0 Å². The Morgan fingerprint density at radius 3 is 2.48 bits per heavy atom. The largest absolute Gasteiger partial charge is 0.494 e. The van der Waals surface area contributed by atoms with Crippen molar-refractivity contribution in [2.75, 3.05) is 11.9 Å². The lowest BCUT2D eigenvalue weighted by molar-refractivity contribution is 0.317. The normalized spacial score (nSPS) is 12.0. The van der Waals surface area contributed by atoms with Crippen molar-refractivity contribution in [1.29, 1.82) is 0 Å². The molecule has 0 spiro atoms. The summed E-state index contributed by atoms with van der Waals surface area (Å²) in [6.45, 7) is 4.88. The van der Waals surface area contributed by atoms with Crippen LogP contribution >= 0.6 is 23.2 Å². The van der Waals surface area contributed by atoms with E-state index in [4.69, 9.17) is 27.9 Å². The average molecular weight is 324 g/mol. The van der Waals surface area contributed by atoms with Gasteiger partial charge in [0.05, 0.1) is 22.7 Å². The van der Waals surface area contributed by atoms with Crippen LogP contribution in [0.4, 0.5) is 5.69 Å². The van der Waals surface area contributed by atoms with Gasteiger partial charge in [0.15, 0.2) is 0 Å². The molecule has 1 N–H and O–H groups in total. The highest BCUT2D eigenvalue weighted by atomic mass is 35.5. The van der Waals surface area contributed by atoms with Gasteiger partial charge in [-0.2, -0.15) is 0 Å². The van der Waals surface area contributed by atoms with E-state index in [1.165, 1.54) is 0 Å². The van der Waals surface area contributed by atoms with Crippen LogP contribution in [0.3, 0.4) is 0 Å². The maximum Gasteiger partial charge on any atom is 0.119 e. The summed E-state index contributed by atoms with van der Waals surface area (Å²) in [6.07, 6.45) is 1.00. The van der Waals surface area contributed by atoms with E-state index in [0.29, 0.717) is 10.0 Å². The maximum absolute atomic E-state index is 6.24. The molecule has 2 aromatic carbocycles. The van der Waals surface area contributed by atoms with E-state index in [0.717, 1.165) is 30.0 Å². The number of hydrogen-bond donors (Lipinski definition) is 1. The van der Waals surface area contributed by atoms with Crippen LogP contribution in [-0.2, 0) is 0 Å². The van der Waals surface area contributed by atoms with Crippen molar-refractivity contribution in [2.45, 2.75) is 26.3 Å². The first-order valence-corrected chi connectivity index (χ1v) is 7.80. The zero-order chi connectivity index (χ0) is 15.2. The highest BCUT2D eigenvalue weighted by molar-refractivity contribution is 6.42. The van der Waals surface area contributed by atoms with Crippen LogP contribution in [0.2, 0.25) is 10.0 Å². The zero-order valence-electron chi connectivity index (χ0n) is 12.2. The third-order valence-electron chi connectivity index (χ3n) is 3.16. The first-order valence-electron chi connectivity index (χ1n) is 7.05. The Hall–Kier alpha value is -1.38. The van der Waals surface area contributed by atoms with E-state index in [1.807, 2.05) is 36.4 Å². The third-order valence-corrected chi connectivity index (χ3v) is 3.99. The highest BCUT2D eigenvalue weighted by Crippen LogP contribution is 2.31. The summed E-state index contributed by atoms with van der Waals surface area (Å²) in [7, 11) is 0. The second-order valence-corrected chi connectivity index (χ2v) is 5.67. The monoisotopic (exact) mass is 323 g/mol. The molecule has 0 radical (unpaired) electrons. The molecule has 1 unspecified atom stereocenters. The van der Waals surface area contributed by atoms with Crippen LogP contribution < -0.4 is 10.1 Å². The fourth-order valence-electron chi connectivity index (χ4n) is 2.05. The molecule has 0 saturated heterocycles. The van der Waals surface area contributed by atoms with Gasteiger partial charge in [-0.3, -0.25) is 0 Å².